The number of benzene rings is 1. The van der Waals surface area contributed by atoms with Gasteiger partial charge in [0.1, 0.15) is 5.69 Å². The third kappa shape index (κ3) is 3.18. The van der Waals surface area contributed by atoms with Crippen LogP contribution in [0.1, 0.15) is 16.1 Å². The highest BCUT2D eigenvalue weighted by Gasteiger charge is 2.13. The molecule has 0 fully saturated rings. The van der Waals surface area contributed by atoms with Gasteiger partial charge in [-0.1, -0.05) is 18.2 Å². The zero-order chi connectivity index (χ0) is 17.8. The summed E-state index contributed by atoms with van der Waals surface area (Å²) in [6.07, 6.45) is 6.34. The first-order valence-electron chi connectivity index (χ1n) is 7.87. The standard InChI is InChI=1S/C19H14N4O3/c24-19(17-9-5-11-26-17)21-20-12-14-13-23(15-6-2-1-3-7-15)22-18(14)16-8-4-10-25-16/h1-13H,(H,21,24)/b20-12-. The Labute approximate surface area is 148 Å². The first kappa shape index (κ1) is 15.6. The van der Waals surface area contributed by atoms with Crippen LogP contribution in [0.25, 0.3) is 17.1 Å². The van der Waals surface area contributed by atoms with Crippen LogP contribution in [0.3, 0.4) is 0 Å². The summed E-state index contributed by atoms with van der Waals surface area (Å²) in [6.45, 7) is 0. The molecule has 1 aromatic carbocycles. The second-order valence-corrected chi connectivity index (χ2v) is 5.37. The molecule has 128 valence electrons. The van der Waals surface area contributed by atoms with E-state index < -0.39 is 5.91 Å². The average Bonchev–Trinajstić information content (AvgIpc) is 3.42. The van der Waals surface area contributed by atoms with Crippen molar-refractivity contribution < 1.29 is 13.6 Å². The quantitative estimate of drug-likeness (QED) is 0.443. The number of para-hydroxylation sites is 1. The summed E-state index contributed by atoms with van der Waals surface area (Å²) in [6, 6.07) is 16.5. The van der Waals surface area contributed by atoms with Crippen LogP contribution >= 0.6 is 0 Å². The third-order valence-corrected chi connectivity index (χ3v) is 3.63. The number of hydrogen-bond acceptors (Lipinski definition) is 5. The lowest BCUT2D eigenvalue weighted by Crippen LogP contribution is -2.16. The second kappa shape index (κ2) is 6.94. The molecule has 4 rings (SSSR count). The van der Waals surface area contributed by atoms with Crippen LogP contribution in [0.2, 0.25) is 0 Å². The molecule has 0 unspecified atom stereocenters. The number of aromatic nitrogens is 2. The van der Waals surface area contributed by atoms with Crippen molar-refractivity contribution in [2.75, 3.05) is 0 Å². The minimum absolute atomic E-state index is 0.188. The molecule has 0 atom stereocenters. The fourth-order valence-electron chi connectivity index (χ4n) is 2.42. The number of amides is 1. The van der Waals surface area contributed by atoms with E-state index in [9.17, 15) is 4.79 Å². The zero-order valence-electron chi connectivity index (χ0n) is 13.6. The van der Waals surface area contributed by atoms with Crippen LogP contribution in [-0.4, -0.2) is 21.9 Å². The molecule has 1 amide bonds. The van der Waals surface area contributed by atoms with E-state index >= 15 is 0 Å². The van der Waals surface area contributed by atoms with Gasteiger partial charge in [0.05, 0.1) is 24.4 Å². The van der Waals surface area contributed by atoms with Crippen molar-refractivity contribution in [1.29, 1.82) is 0 Å². The summed E-state index contributed by atoms with van der Waals surface area (Å²) in [5, 5.41) is 8.57. The monoisotopic (exact) mass is 346 g/mol. The molecule has 1 N–H and O–H groups in total. The number of hydrazone groups is 1. The molecule has 0 aliphatic carbocycles. The molecule has 7 nitrogen and oxygen atoms in total. The van der Waals surface area contributed by atoms with Crippen LogP contribution in [0.15, 0.2) is 87.3 Å². The lowest BCUT2D eigenvalue weighted by atomic mass is 10.2. The Bertz CT molecular complexity index is 1020. The summed E-state index contributed by atoms with van der Waals surface area (Å²) in [5.41, 5.74) is 4.64. The van der Waals surface area contributed by atoms with Gasteiger partial charge in [-0.2, -0.15) is 10.2 Å². The Morgan fingerprint density at radius 1 is 1.04 bits per heavy atom. The van der Waals surface area contributed by atoms with Gasteiger partial charge in [0.15, 0.2) is 11.5 Å². The fraction of sp³-hybridized carbons (Fsp3) is 0. The smallest absolute Gasteiger partial charge is 0.307 e. The van der Waals surface area contributed by atoms with E-state index in [4.69, 9.17) is 8.83 Å². The third-order valence-electron chi connectivity index (χ3n) is 3.63. The van der Waals surface area contributed by atoms with Crippen LogP contribution < -0.4 is 5.43 Å². The minimum atomic E-state index is -0.429. The molecule has 3 heterocycles. The van der Waals surface area contributed by atoms with Gasteiger partial charge in [-0.25, -0.2) is 10.1 Å². The summed E-state index contributed by atoms with van der Waals surface area (Å²) in [4.78, 5) is 11.9. The lowest BCUT2D eigenvalue weighted by molar-refractivity contribution is 0.0927. The number of carbonyl (C=O) groups excluding carboxylic acids is 1. The van der Waals surface area contributed by atoms with E-state index in [0.717, 1.165) is 5.69 Å². The van der Waals surface area contributed by atoms with E-state index in [1.807, 2.05) is 42.6 Å². The molecule has 0 bridgehead atoms. The molecule has 0 aliphatic heterocycles. The highest BCUT2D eigenvalue weighted by molar-refractivity contribution is 5.93. The van der Waals surface area contributed by atoms with Crippen LogP contribution in [0, 0.1) is 0 Å². The summed E-state index contributed by atoms with van der Waals surface area (Å²) in [5.74, 6) is 0.369. The van der Waals surface area contributed by atoms with E-state index in [-0.39, 0.29) is 5.76 Å². The van der Waals surface area contributed by atoms with Gasteiger partial charge >= 0.3 is 5.91 Å². The molecule has 26 heavy (non-hydrogen) atoms. The molecule has 3 aromatic heterocycles. The average molecular weight is 346 g/mol. The number of furan rings is 2. The number of nitrogens with one attached hydrogen (secondary N) is 1. The minimum Gasteiger partial charge on any atom is -0.463 e. The summed E-state index contributed by atoms with van der Waals surface area (Å²) < 4.78 is 12.2. The number of hydrogen-bond donors (Lipinski definition) is 1. The van der Waals surface area contributed by atoms with E-state index in [1.165, 1.54) is 12.5 Å². The topological polar surface area (TPSA) is 85.6 Å². The van der Waals surface area contributed by atoms with Gasteiger partial charge in [0, 0.05) is 11.8 Å². The van der Waals surface area contributed by atoms with Crippen molar-refractivity contribution in [3.05, 3.63) is 84.6 Å². The van der Waals surface area contributed by atoms with Crippen LogP contribution in [0.5, 0.6) is 0 Å². The van der Waals surface area contributed by atoms with Crippen molar-refractivity contribution >= 4 is 12.1 Å². The van der Waals surface area contributed by atoms with E-state index in [1.54, 1.807) is 29.1 Å². The fourth-order valence-corrected chi connectivity index (χ4v) is 2.42. The SMILES string of the molecule is O=C(N/N=C\c1cn(-c2ccccc2)nc1-c1ccco1)c1ccco1. The molecular weight excluding hydrogens is 332 g/mol. The van der Waals surface area contributed by atoms with Gasteiger partial charge in [-0.3, -0.25) is 4.79 Å². The highest BCUT2D eigenvalue weighted by Crippen LogP contribution is 2.23. The predicted molar refractivity (Wildman–Crippen MR) is 95.0 cm³/mol. The van der Waals surface area contributed by atoms with Crippen molar-refractivity contribution in [3.63, 3.8) is 0 Å². The first-order valence-corrected chi connectivity index (χ1v) is 7.87. The van der Waals surface area contributed by atoms with Gasteiger partial charge in [-0.15, -0.1) is 0 Å². The van der Waals surface area contributed by atoms with Gasteiger partial charge in [0.2, 0.25) is 0 Å². The number of rotatable bonds is 5. The molecule has 0 radical (unpaired) electrons. The Balaban J connectivity index is 1.63. The maximum atomic E-state index is 11.9. The maximum absolute atomic E-state index is 11.9. The van der Waals surface area contributed by atoms with Crippen molar-refractivity contribution in [3.8, 4) is 17.1 Å². The van der Waals surface area contributed by atoms with Crippen molar-refractivity contribution in [2.24, 2.45) is 5.10 Å². The molecular formula is C19H14N4O3. The Kier molecular flexibility index (Phi) is 4.17. The molecule has 0 aliphatic rings. The van der Waals surface area contributed by atoms with Crippen molar-refractivity contribution in [1.82, 2.24) is 15.2 Å². The molecule has 0 saturated carbocycles. The first-order chi connectivity index (χ1) is 12.8. The Morgan fingerprint density at radius 2 is 1.85 bits per heavy atom. The molecule has 0 spiro atoms. The number of nitrogens with zero attached hydrogens (tertiary/aromatic N) is 3. The van der Waals surface area contributed by atoms with Gasteiger partial charge < -0.3 is 8.83 Å². The highest BCUT2D eigenvalue weighted by atomic mass is 16.3. The van der Waals surface area contributed by atoms with Crippen LogP contribution in [0.4, 0.5) is 0 Å². The maximum Gasteiger partial charge on any atom is 0.307 e. The summed E-state index contributed by atoms with van der Waals surface area (Å²) >= 11 is 0. The Hall–Kier alpha value is -3.87. The van der Waals surface area contributed by atoms with Gasteiger partial charge in [-0.05, 0) is 36.4 Å². The molecule has 7 heteroatoms. The molecule has 0 saturated heterocycles. The molecule has 4 aromatic rings. The Morgan fingerprint density at radius 3 is 2.58 bits per heavy atom. The summed E-state index contributed by atoms with van der Waals surface area (Å²) in [7, 11) is 0. The van der Waals surface area contributed by atoms with Crippen molar-refractivity contribution in [2.45, 2.75) is 0 Å². The zero-order valence-corrected chi connectivity index (χ0v) is 13.6. The number of carbonyl (C=O) groups is 1. The van der Waals surface area contributed by atoms with E-state index in [2.05, 4.69) is 15.6 Å². The normalized spacial score (nSPS) is 11.1. The van der Waals surface area contributed by atoms with E-state index in [0.29, 0.717) is 17.0 Å². The predicted octanol–water partition coefficient (Wildman–Crippen LogP) is 3.49. The lowest BCUT2D eigenvalue weighted by Gasteiger charge is -1.98. The second-order valence-electron chi connectivity index (χ2n) is 5.37. The largest absolute Gasteiger partial charge is 0.463 e. The van der Waals surface area contributed by atoms with Crippen LogP contribution in [-0.2, 0) is 0 Å². The van der Waals surface area contributed by atoms with Gasteiger partial charge in [0.25, 0.3) is 0 Å².